The molecule has 0 saturated carbocycles. The van der Waals surface area contributed by atoms with Gasteiger partial charge in [0.2, 0.25) is 11.8 Å². The second-order valence-corrected chi connectivity index (χ2v) is 7.08. The van der Waals surface area contributed by atoms with Crippen LogP contribution in [0.5, 0.6) is 0 Å². The molecule has 1 aliphatic rings. The van der Waals surface area contributed by atoms with Crippen LogP contribution >= 0.6 is 0 Å². The number of fused-ring (bicyclic) bond motifs is 1. The number of halogens is 1. The Bertz CT molecular complexity index is 817. The third-order valence-corrected chi connectivity index (χ3v) is 4.34. The van der Waals surface area contributed by atoms with Crippen molar-refractivity contribution in [3.05, 3.63) is 29.2 Å². The number of carbonyl (C=O) groups is 2. The smallest absolute Gasteiger partial charge is 0.235 e. The fourth-order valence-electron chi connectivity index (χ4n) is 3.21. The Morgan fingerprint density at radius 3 is 2.61 bits per heavy atom. The van der Waals surface area contributed by atoms with Crippen LogP contribution in [0.1, 0.15) is 50.8 Å². The summed E-state index contributed by atoms with van der Waals surface area (Å²) >= 11 is 0. The molecule has 1 aromatic carbocycles. The Kier molecular flexibility index (Phi) is 3.50. The van der Waals surface area contributed by atoms with Crippen molar-refractivity contribution in [2.45, 2.75) is 44.9 Å². The minimum Gasteiger partial charge on any atom is -0.296 e. The monoisotopic (exact) mass is 317 g/mol. The van der Waals surface area contributed by atoms with E-state index in [2.05, 4.69) is 31.2 Å². The number of hydrogen-bond donors (Lipinski definition) is 1. The average molecular weight is 317 g/mol. The molecule has 122 valence electrons. The number of piperidine rings is 1. The van der Waals surface area contributed by atoms with Gasteiger partial charge in [-0.15, -0.1) is 0 Å². The summed E-state index contributed by atoms with van der Waals surface area (Å²) in [6.07, 6.45) is 0.602. The van der Waals surface area contributed by atoms with Crippen LogP contribution in [0.4, 0.5) is 4.39 Å². The highest BCUT2D eigenvalue weighted by Crippen LogP contribution is 2.36. The second kappa shape index (κ2) is 5.15. The Balaban J connectivity index is 2.24. The van der Waals surface area contributed by atoms with Gasteiger partial charge in [0, 0.05) is 13.5 Å². The lowest BCUT2D eigenvalue weighted by Gasteiger charge is -2.21. The van der Waals surface area contributed by atoms with Crippen molar-refractivity contribution in [1.82, 2.24) is 15.1 Å². The summed E-state index contributed by atoms with van der Waals surface area (Å²) in [7, 11) is 1.76. The highest BCUT2D eigenvalue weighted by atomic mass is 19.1. The average Bonchev–Trinajstić information content (AvgIpc) is 2.76. The van der Waals surface area contributed by atoms with Gasteiger partial charge in [-0.2, -0.15) is 5.10 Å². The molecule has 5 nitrogen and oxygen atoms in total. The van der Waals surface area contributed by atoms with Crippen LogP contribution in [0.25, 0.3) is 10.9 Å². The van der Waals surface area contributed by atoms with Crippen molar-refractivity contribution in [3.8, 4) is 0 Å². The highest BCUT2D eigenvalue weighted by Gasteiger charge is 2.33. The Morgan fingerprint density at radius 2 is 2.00 bits per heavy atom. The van der Waals surface area contributed by atoms with E-state index in [4.69, 9.17) is 0 Å². The van der Waals surface area contributed by atoms with E-state index >= 15 is 0 Å². The van der Waals surface area contributed by atoms with Crippen molar-refractivity contribution < 1.29 is 14.0 Å². The molecule has 0 bridgehead atoms. The summed E-state index contributed by atoms with van der Waals surface area (Å²) in [5.74, 6) is -1.67. The summed E-state index contributed by atoms with van der Waals surface area (Å²) in [6.45, 7) is 6.16. The Morgan fingerprint density at radius 1 is 1.30 bits per heavy atom. The van der Waals surface area contributed by atoms with Gasteiger partial charge in [0.05, 0.1) is 22.5 Å². The van der Waals surface area contributed by atoms with Crippen molar-refractivity contribution in [2.24, 2.45) is 7.05 Å². The van der Waals surface area contributed by atoms with Crippen molar-refractivity contribution in [1.29, 1.82) is 0 Å². The van der Waals surface area contributed by atoms with Crippen LogP contribution < -0.4 is 5.32 Å². The van der Waals surface area contributed by atoms with E-state index in [1.54, 1.807) is 17.8 Å². The van der Waals surface area contributed by atoms with Crippen molar-refractivity contribution >= 4 is 22.7 Å². The molecule has 2 aromatic rings. The van der Waals surface area contributed by atoms with Gasteiger partial charge in [-0.25, -0.2) is 4.39 Å². The maximum absolute atomic E-state index is 14.5. The first-order valence-corrected chi connectivity index (χ1v) is 7.69. The fraction of sp³-hybridized carbons (Fsp3) is 0.471. The minimum atomic E-state index is -0.596. The summed E-state index contributed by atoms with van der Waals surface area (Å²) in [5.41, 5.74) is 1.91. The lowest BCUT2D eigenvalue weighted by molar-refractivity contribution is -0.134. The van der Waals surface area contributed by atoms with E-state index in [1.807, 2.05) is 0 Å². The standard InChI is InChI=1S/C17H20FN3O2/c1-17(2,3)10-6-7-11(18)13-14(20-21(4)15(10)13)9-5-8-12(22)19-16(9)23/h6-7,9H,5,8H2,1-4H3,(H,19,22,23). The maximum atomic E-state index is 14.5. The lowest BCUT2D eigenvalue weighted by atomic mass is 9.84. The molecule has 23 heavy (non-hydrogen) atoms. The quantitative estimate of drug-likeness (QED) is 0.822. The van der Waals surface area contributed by atoms with Gasteiger partial charge < -0.3 is 0 Å². The van der Waals surface area contributed by atoms with Crippen LogP contribution in [-0.4, -0.2) is 21.6 Å². The van der Waals surface area contributed by atoms with E-state index in [1.165, 1.54) is 6.07 Å². The number of benzene rings is 1. The normalized spacial score (nSPS) is 19.3. The second-order valence-electron chi connectivity index (χ2n) is 7.08. The lowest BCUT2D eigenvalue weighted by Crippen LogP contribution is -2.39. The summed E-state index contributed by atoms with van der Waals surface area (Å²) in [5, 5.41) is 7.13. The van der Waals surface area contributed by atoms with Crippen molar-refractivity contribution in [3.63, 3.8) is 0 Å². The molecular formula is C17H20FN3O2. The Hall–Kier alpha value is -2.24. The van der Waals surface area contributed by atoms with Gasteiger partial charge in [-0.3, -0.25) is 19.6 Å². The van der Waals surface area contributed by atoms with Crippen LogP contribution in [0.2, 0.25) is 0 Å². The molecular weight excluding hydrogens is 297 g/mol. The molecule has 0 spiro atoms. The third-order valence-electron chi connectivity index (χ3n) is 4.34. The molecule has 1 aromatic heterocycles. The van der Waals surface area contributed by atoms with Gasteiger partial charge >= 0.3 is 0 Å². The molecule has 1 fully saturated rings. The predicted octanol–water partition coefficient (Wildman–Crippen LogP) is 2.53. The number of nitrogens with one attached hydrogen (secondary N) is 1. The van der Waals surface area contributed by atoms with Crippen LogP contribution in [0.15, 0.2) is 12.1 Å². The highest BCUT2D eigenvalue weighted by molar-refractivity contribution is 6.02. The van der Waals surface area contributed by atoms with E-state index in [-0.39, 0.29) is 23.6 Å². The summed E-state index contributed by atoms with van der Waals surface area (Å²) in [4.78, 5) is 23.5. The van der Waals surface area contributed by atoms with Gasteiger partial charge in [0.15, 0.2) is 0 Å². The summed E-state index contributed by atoms with van der Waals surface area (Å²) < 4.78 is 16.2. The molecule has 1 aliphatic heterocycles. The number of aromatic nitrogens is 2. The summed E-state index contributed by atoms with van der Waals surface area (Å²) in [6, 6.07) is 3.20. The first-order valence-electron chi connectivity index (χ1n) is 7.69. The number of amides is 2. The zero-order valence-corrected chi connectivity index (χ0v) is 13.7. The third kappa shape index (κ3) is 2.52. The molecule has 6 heteroatoms. The first kappa shape index (κ1) is 15.6. The molecule has 2 heterocycles. The number of carbonyl (C=O) groups excluding carboxylic acids is 2. The Labute approximate surface area is 133 Å². The number of hydrogen-bond acceptors (Lipinski definition) is 3. The number of nitrogens with zero attached hydrogens (tertiary/aromatic N) is 2. The van der Waals surface area contributed by atoms with Crippen LogP contribution in [-0.2, 0) is 22.1 Å². The van der Waals surface area contributed by atoms with Gasteiger partial charge in [-0.05, 0) is 23.5 Å². The van der Waals surface area contributed by atoms with E-state index < -0.39 is 11.8 Å². The van der Waals surface area contributed by atoms with Crippen molar-refractivity contribution in [2.75, 3.05) is 0 Å². The largest absolute Gasteiger partial charge is 0.296 e. The molecule has 0 radical (unpaired) electrons. The molecule has 1 unspecified atom stereocenters. The fourth-order valence-corrected chi connectivity index (χ4v) is 3.21. The molecule has 3 rings (SSSR count). The molecule has 1 N–H and O–H groups in total. The maximum Gasteiger partial charge on any atom is 0.235 e. The van der Waals surface area contributed by atoms with E-state index in [9.17, 15) is 14.0 Å². The predicted molar refractivity (Wildman–Crippen MR) is 84.5 cm³/mol. The number of rotatable bonds is 1. The molecule has 2 amide bonds. The molecule has 0 aliphatic carbocycles. The van der Waals surface area contributed by atoms with E-state index in [0.717, 1.165) is 5.56 Å². The number of aryl methyl sites for hydroxylation is 1. The van der Waals surface area contributed by atoms with Gasteiger partial charge in [0.25, 0.3) is 0 Å². The first-order chi connectivity index (χ1) is 10.7. The van der Waals surface area contributed by atoms with Gasteiger partial charge in [-0.1, -0.05) is 26.8 Å². The topological polar surface area (TPSA) is 64.0 Å². The SMILES string of the molecule is Cn1nc(C2CCC(=O)NC2=O)c2c(F)ccc(C(C)(C)C)c21. The molecule has 1 atom stereocenters. The zero-order chi connectivity index (χ0) is 16.9. The molecule has 1 saturated heterocycles. The van der Waals surface area contributed by atoms with Gasteiger partial charge in [0.1, 0.15) is 5.82 Å². The zero-order valence-electron chi connectivity index (χ0n) is 13.7. The van der Waals surface area contributed by atoms with Crippen LogP contribution in [0.3, 0.4) is 0 Å². The number of imide groups is 1. The van der Waals surface area contributed by atoms with E-state index in [0.29, 0.717) is 23.0 Å². The minimum absolute atomic E-state index is 0.179. The van der Waals surface area contributed by atoms with Crippen LogP contribution in [0, 0.1) is 5.82 Å².